The first-order chi connectivity index (χ1) is 12.9. The monoisotopic (exact) mass is 457 g/mol. The first kappa shape index (κ1) is 24.2. The van der Waals surface area contributed by atoms with Crippen molar-refractivity contribution in [2.24, 2.45) is 5.16 Å². The van der Waals surface area contributed by atoms with Crippen molar-refractivity contribution in [3.63, 3.8) is 0 Å². The third kappa shape index (κ3) is 11.6. The van der Waals surface area contributed by atoms with Crippen molar-refractivity contribution in [1.82, 2.24) is 0 Å². The molecule has 0 radical (unpaired) electrons. The molecule has 0 atom stereocenters. The number of oxime groups is 1. The zero-order valence-electron chi connectivity index (χ0n) is 15.3. The number of halogens is 4. The highest BCUT2D eigenvalue weighted by Crippen LogP contribution is 2.37. The van der Waals surface area contributed by atoms with E-state index in [1.807, 2.05) is 13.8 Å². The Balaban J connectivity index is 2.24. The third-order valence-electron chi connectivity index (χ3n) is 2.95. The molecule has 0 spiro atoms. The predicted octanol–water partition coefficient (Wildman–Crippen LogP) is 6.28. The fraction of sp³-hybridized carbons (Fsp3) is 0.500. The lowest BCUT2D eigenvalue weighted by atomic mass is 10.3. The number of nitrogens with zero attached hydrogens (tertiary/aromatic N) is 1. The molecule has 152 valence electrons. The molecule has 0 fully saturated rings. The van der Waals surface area contributed by atoms with Crippen LogP contribution in [0.1, 0.15) is 26.7 Å². The normalized spacial score (nSPS) is 10.3. The summed E-state index contributed by atoms with van der Waals surface area (Å²) >= 11 is 23.5. The van der Waals surface area contributed by atoms with Crippen molar-refractivity contribution in [3.05, 3.63) is 32.7 Å². The molecule has 0 unspecified atom stereocenters. The molecule has 9 heteroatoms. The maximum Gasteiger partial charge on any atom is 0.156 e. The van der Waals surface area contributed by atoms with Crippen LogP contribution in [0.5, 0.6) is 11.5 Å². The van der Waals surface area contributed by atoms with Crippen LogP contribution in [0.15, 0.2) is 27.9 Å². The summed E-state index contributed by atoms with van der Waals surface area (Å²) in [5, 5.41) is 4.57. The van der Waals surface area contributed by atoms with E-state index in [2.05, 4.69) is 5.16 Å². The summed E-state index contributed by atoms with van der Waals surface area (Å²) in [5.74, 6) is 0.931. The molecular formula is C18H23Cl4NO4. The molecule has 27 heavy (non-hydrogen) atoms. The van der Waals surface area contributed by atoms with Gasteiger partial charge in [-0.15, -0.1) is 0 Å². The molecule has 0 amide bonds. The smallest absolute Gasteiger partial charge is 0.156 e. The van der Waals surface area contributed by atoms with Crippen molar-refractivity contribution in [1.29, 1.82) is 0 Å². The molecule has 0 aliphatic rings. The Bertz CT molecular complexity index is 607. The summed E-state index contributed by atoms with van der Waals surface area (Å²) in [4.78, 5) is 5.04. The Morgan fingerprint density at radius 1 is 0.963 bits per heavy atom. The van der Waals surface area contributed by atoms with Gasteiger partial charge in [-0.05, 0) is 32.8 Å². The number of hydrogen-bond donors (Lipinski definition) is 0. The minimum atomic E-state index is 0.133. The minimum absolute atomic E-state index is 0.133. The van der Waals surface area contributed by atoms with E-state index in [9.17, 15) is 0 Å². The molecule has 0 bridgehead atoms. The van der Waals surface area contributed by atoms with Gasteiger partial charge in [0.2, 0.25) is 0 Å². The van der Waals surface area contributed by atoms with Crippen LogP contribution in [0.2, 0.25) is 10.0 Å². The van der Waals surface area contributed by atoms with Gasteiger partial charge in [-0.25, -0.2) is 0 Å². The maximum absolute atomic E-state index is 6.20. The first-order valence-corrected chi connectivity index (χ1v) is 9.88. The van der Waals surface area contributed by atoms with Crippen LogP contribution >= 0.6 is 46.4 Å². The fourth-order valence-corrected chi connectivity index (χ4v) is 2.51. The number of rotatable bonds is 13. The fourth-order valence-electron chi connectivity index (χ4n) is 1.81. The van der Waals surface area contributed by atoms with Crippen LogP contribution in [0.3, 0.4) is 0 Å². The summed E-state index contributed by atoms with van der Waals surface area (Å²) in [6.07, 6.45) is 3.16. The molecule has 1 aromatic rings. The van der Waals surface area contributed by atoms with E-state index in [1.54, 1.807) is 12.1 Å². The van der Waals surface area contributed by atoms with Crippen LogP contribution in [-0.4, -0.2) is 38.7 Å². The number of hydrogen-bond acceptors (Lipinski definition) is 5. The van der Waals surface area contributed by atoms with Gasteiger partial charge in [-0.1, -0.05) is 51.6 Å². The van der Waals surface area contributed by atoms with Gasteiger partial charge in [0.25, 0.3) is 0 Å². The lowest BCUT2D eigenvalue weighted by molar-refractivity contribution is 0.0483. The second-order valence-electron chi connectivity index (χ2n) is 5.56. The molecule has 1 rings (SSSR count). The Kier molecular flexibility index (Phi) is 12.7. The molecular weight excluding hydrogens is 436 g/mol. The summed E-state index contributed by atoms with van der Waals surface area (Å²) in [6, 6.07) is 3.25. The summed E-state index contributed by atoms with van der Waals surface area (Å²) in [6.45, 7) is 5.99. The van der Waals surface area contributed by atoms with Gasteiger partial charge in [0, 0.05) is 18.7 Å². The van der Waals surface area contributed by atoms with Crippen LogP contribution in [-0.2, 0) is 9.57 Å². The van der Waals surface area contributed by atoms with Crippen molar-refractivity contribution in [2.45, 2.75) is 26.7 Å². The second kappa shape index (κ2) is 14.2. The molecule has 1 aromatic carbocycles. The molecule has 5 nitrogen and oxygen atoms in total. The molecule has 0 aromatic heterocycles. The molecule has 0 saturated heterocycles. The van der Waals surface area contributed by atoms with Crippen molar-refractivity contribution in [2.75, 3.05) is 33.0 Å². The predicted molar refractivity (Wildman–Crippen MR) is 112 cm³/mol. The Labute approximate surface area is 180 Å². The topological polar surface area (TPSA) is 49.3 Å². The van der Waals surface area contributed by atoms with E-state index in [4.69, 9.17) is 65.5 Å². The van der Waals surface area contributed by atoms with E-state index >= 15 is 0 Å². The Morgan fingerprint density at radius 2 is 1.63 bits per heavy atom. The largest absolute Gasteiger partial charge is 0.490 e. The van der Waals surface area contributed by atoms with Crippen LogP contribution < -0.4 is 9.47 Å². The third-order valence-corrected chi connectivity index (χ3v) is 3.83. The highest BCUT2D eigenvalue weighted by atomic mass is 35.5. The maximum atomic E-state index is 6.20. The minimum Gasteiger partial charge on any atom is -0.490 e. The molecule has 0 N–H and O–H groups in total. The summed E-state index contributed by atoms with van der Waals surface area (Å²) < 4.78 is 16.7. The zero-order chi connectivity index (χ0) is 20.1. The standard InChI is InChI=1S/C18H23Cl4NO4/c1-13(2)23-27-10-9-24-6-3-4-7-26-18-15(19)11-14(12-16(18)20)25-8-5-17(21)22/h5,11-12H,3-4,6-10H2,1-2H3. The second-order valence-corrected chi connectivity index (χ2v) is 7.38. The van der Waals surface area contributed by atoms with Gasteiger partial charge in [-0.2, -0.15) is 0 Å². The van der Waals surface area contributed by atoms with Crippen molar-refractivity contribution >= 4 is 52.1 Å². The van der Waals surface area contributed by atoms with Gasteiger partial charge in [0.1, 0.15) is 23.5 Å². The van der Waals surface area contributed by atoms with Crippen LogP contribution in [0.25, 0.3) is 0 Å². The average molecular weight is 459 g/mol. The Hall–Kier alpha value is -0.850. The van der Waals surface area contributed by atoms with Crippen molar-refractivity contribution < 1.29 is 19.0 Å². The molecule has 0 aliphatic heterocycles. The average Bonchev–Trinajstić information content (AvgIpc) is 2.58. The lowest BCUT2D eigenvalue weighted by Gasteiger charge is -2.12. The number of benzene rings is 1. The van der Waals surface area contributed by atoms with Crippen molar-refractivity contribution in [3.8, 4) is 11.5 Å². The zero-order valence-corrected chi connectivity index (χ0v) is 18.3. The lowest BCUT2D eigenvalue weighted by Crippen LogP contribution is -2.05. The summed E-state index contributed by atoms with van der Waals surface area (Å²) in [7, 11) is 0. The molecule has 0 heterocycles. The van der Waals surface area contributed by atoms with E-state index in [0.29, 0.717) is 48.0 Å². The highest BCUT2D eigenvalue weighted by molar-refractivity contribution is 6.55. The number of ether oxygens (including phenoxy) is 3. The molecule has 0 aliphatic carbocycles. The van der Waals surface area contributed by atoms with Gasteiger partial charge in [-0.3, -0.25) is 0 Å². The van der Waals surface area contributed by atoms with Gasteiger partial charge >= 0.3 is 0 Å². The number of unbranched alkanes of at least 4 members (excludes halogenated alkanes) is 1. The van der Waals surface area contributed by atoms with E-state index in [1.165, 1.54) is 6.08 Å². The van der Waals surface area contributed by atoms with E-state index in [-0.39, 0.29) is 11.1 Å². The van der Waals surface area contributed by atoms with Gasteiger partial charge < -0.3 is 19.0 Å². The highest BCUT2D eigenvalue weighted by Gasteiger charge is 2.10. The first-order valence-electron chi connectivity index (χ1n) is 8.37. The van der Waals surface area contributed by atoms with Crippen LogP contribution in [0.4, 0.5) is 0 Å². The van der Waals surface area contributed by atoms with Gasteiger partial charge in [0.15, 0.2) is 5.75 Å². The van der Waals surface area contributed by atoms with E-state index in [0.717, 1.165) is 18.6 Å². The Morgan fingerprint density at radius 3 is 2.26 bits per heavy atom. The van der Waals surface area contributed by atoms with Gasteiger partial charge in [0.05, 0.1) is 29.0 Å². The molecule has 0 saturated carbocycles. The van der Waals surface area contributed by atoms with Crippen LogP contribution in [0, 0.1) is 0 Å². The SMILES string of the molecule is CC(C)=NOCCOCCCCOc1c(Cl)cc(OCC=C(Cl)Cl)cc1Cl. The quantitative estimate of drug-likeness (QED) is 0.198. The van der Waals surface area contributed by atoms with E-state index < -0.39 is 0 Å². The summed E-state index contributed by atoms with van der Waals surface area (Å²) in [5.41, 5.74) is 0.876.